The van der Waals surface area contributed by atoms with Gasteiger partial charge in [0.2, 0.25) is 0 Å². The summed E-state index contributed by atoms with van der Waals surface area (Å²) in [5, 5.41) is 2.58. The van der Waals surface area contributed by atoms with E-state index in [4.69, 9.17) is 0 Å². The van der Waals surface area contributed by atoms with E-state index < -0.39 is 23.5 Å². The van der Waals surface area contributed by atoms with Crippen LogP contribution >= 0.6 is 0 Å². The molecule has 1 unspecified atom stereocenters. The van der Waals surface area contributed by atoms with E-state index in [1.165, 1.54) is 11.0 Å². The van der Waals surface area contributed by atoms with Gasteiger partial charge in [-0.05, 0) is 38.3 Å². The molecule has 5 nitrogen and oxygen atoms in total. The van der Waals surface area contributed by atoms with E-state index in [-0.39, 0.29) is 23.9 Å². The van der Waals surface area contributed by atoms with Gasteiger partial charge < -0.3 is 10.2 Å². The quantitative estimate of drug-likeness (QED) is 0.636. The lowest BCUT2D eigenvalue weighted by molar-refractivity contribution is -0.147. The van der Waals surface area contributed by atoms with Crippen LogP contribution in [0.5, 0.6) is 0 Å². The third-order valence-electron chi connectivity index (χ3n) is 5.03. The highest BCUT2D eigenvalue weighted by atomic mass is 19.1. The van der Waals surface area contributed by atoms with E-state index in [1.54, 1.807) is 26.0 Å². The Balaban J connectivity index is 1.72. The first kappa shape index (κ1) is 20.7. The first-order chi connectivity index (χ1) is 13.9. The molecular weight excluding hydrogens is 371 g/mol. The SMILES string of the molecule is CC(C)NC(=O)C(=O)N1CCCC(C(=O)c2ccc(-c3ccccc3)c(F)c2)C1. The summed E-state index contributed by atoms with van der Waals surface area (Å²) < 4.78 is 14.6. The van der Waals surface area contributed by atoms with Crippen molar-refractivity contribution in [2.75, 3.05) is 13.1 Å². The van der Waals surface area contributed by atoms with E-state index in [2.05, 4.69) is 5.32 Å². The van der Waals surface area contributed by atoms with E-state index in [1.807, 2.05) is 30.3 Å². The second-order valence-corrected chi connectivity index (χ2v) is 7.64. The number of likely N-dealkylation sites (tertiary alicyclic amines) is 1. The zero-order valence-corrected chi connectivity index (χ0v) is 16.7. The number of halogens is 1. The Morgan fingerprint density at radius 1 is 1.10 bits per heavy atom. The fourth-order valence-electron chi connectivity index (χ4n) is 3.60. The average Bonchev–Trinajstić information content (AvgIpc) is 2.72. The van der Waals surface area contributed by atoms with E-state index in [0.29, 0.717) is 24.9 Å². The maximum absolute atomic E-state index is 14.6. The van der Waals surface area contributed by atoms with Crippen molar-refractivity contribution in [3.63, 3.8) is 0 Å². The van der Waals surface area contributed by atoms with Crippen molar-refractivity contribution in [3.05, 3.63) is 59.9 Å². The van der Waals surface area contributed by atoms with Gasteiger partial charge in [-0.3, -0.25) is 14.4 Å². The second kappa shape index (κ2) is 8.99. The summed E-state index contributed by atoms with van der Waals surface area (Å²) in [6.07, 6.45) is 1.23. The lowest BCUT2D eigenvalue weighted by Crippen LogP contribution is -2.49. The van der Waals surface area contributed by atoms with Crippen molar-refractivity contribution in [1.82, 2.24) is 10.2 Å². The lowest BCUT2D eigenvalue weighted by atomic mass is 9.89. The van der Waals surface area contributed by atoms with Gasteiger partial charge in [0.25, 0.3) is 0 Å². The smallest absolute Gasteiger partial charge is 0.311 e. The topological polar surface area (TPSA) is 66.5 Å². The number of nitrogens with zero attached hydrogens (tertiary/aromatic N) is 1. The van der Waals surface area contributed by atoms with E-state index in [9.17, 15) is 18.8 Å². The van der Waals surface area contributed by atoms with Gasteiger partial charge in [-0.25, -0.2) is 4.39 Å². The molecule has 0 aliphatic carbocycles. The Bertz CT molecular complexity index is 912. The van der Waals surface area contributed by atoms with Crippen molar-refractivity contribution in [2.45, 2.75) is 32.7 Å². The molecule has 1 N–H and O–H groups in total. The molecule has 1 heterocycles. The Morgan fingerprint density at radius 3 is 2.48 bits per heavy atom. The summed E-state index contributed by atoms with van der Waals surface area (Å²) in [6, 6.07) is 13.5. The third-order valence-corrected chi connectivity index (χ3v) is 5.03. The molecule has 2 amide bonds. The number of ketones is 1. The summed E-state index contributed by atoms with van der Waals surface area (Å²) in [6.45, 7) is 4.17. The number of hydrogen-bond acceptors (Lipinski definition) is 3. The van der Waals surface area contributed by atoms with Crippen LogP contribution in [0.1, 0.15) is 37.0 Å². The van der Waals surface area contributed by atoms with Crippen molar-refractivity contribution in [1.29, 1.82) is 0 Å². The Hall–Kier alpha value is -3.02. The van der Waals surface area contributed by atoms with E-state index in [0.717, 1.165) is 5.56 Å². The molecule has 1 saturated heterocycles. The number of rotatable bonds is 4. The first-order valence-corrected chi connectivity index (χ1v) is 9.85. The minimum Gasteiger partial charge on any atom is -0.346 e. The summed E-state index contributed by atoms with van der Waals surface area (Å²) in [4.78, 5) is 38.6. The molecule has 1 aliphatic rings. The average molecular weight is 396 g/mol. The maximum Gasteiger partial charge on any atom is 0.311 e. The number of piperidine rings is 1. The number of carbonyl (C=O) groups is 3. The van der Waals surface area contributed by atoms with Crippen molar-refractivity contribution in [2.24, 2.45) is 5.92 Å². The van der Waals surface area contributed by atoms with Gasteiger partial charge in [0.1, 0.15) is 5.82 Å². The molecule has 1 fully saturated rings. The van der Waals surface area contributed by atoms with Crippen LogP contribution in [0.4, 0.5) is 4.39 Å². The molecule has 1 atom stereocenters. The van der Waals surface area contributed by atoms with Crippen LogP contribution in [0.15, 0.2) is 48.5 Å². The summed E-state index contributed by atoms with van der Waals surface area (Å²) in [7, 11) is 0. The molecule has 1 aliphatic heterocycles. The van der Waals surface area contributed by atoms with Gasteiger partial charge in [-0.15, -0.1) is 0 Å². The predicted octanol–water partition coefficient (Wildman–Crippen LogP) is 3.44. The summed E-state index contributed by atoms with van der Waals surface area (Å²) >= 11 is 0. The summed E-state index contributed by atoms with van der Waals surface area (Å²) in [5.74, 6) is -2.39. The predicted molar refractivity (Wildman–Crippen MR) is 109 cm³/mol. The lowest BCUT2D eigenvalue weighted by Gasteiger charge is -2.31. The maximum atomic E-state index is 14.6. The Morgan fingerprint density at radius 2 is 1.83 bits per heavy atom. The van der Waals surface area contributed by atoms with Crippen LogP contribution in [-0.4, -0.2) is 41.6 Å². The number of carbonyl (C=O) groups excluding carboxylic acids is 3. The van der Waals surface area contributed by atoms with Crippen LogP contribution in [0, 0.1) is 11.7 Å². The first-order valence-electron chi connectivity index (χ1n) is 9.85. The van der Waals surface area contributed by atoms with Gasteiger partial charge in [0.15, 0.2) is 5.78 Å². The van der Waals surface area contributed by atoms with Gasteiger partial charge in [0, 0.05) is 36.2 Å². The molecule has 6 heteroatoms. The molecule has 0 radical (unpaired) electrons. The third kappa shape index (κ3) is 4.88. The fourth-order valence-corrected chi connectivity index (χ4v) is 3.60. The number of hydrogen-bond donors (Lipinski definition) is 1. The fraction of sp³-hybridized carbons (Fsp3) is 0.348. The van der Waals surface area contributed by atoms with Crippen molar-refractivity contribution in [3.8, 4) is 11.1 Å². The molecule has 3 rings (SSSR count). The molecule has 0 saturated carbocycles. The van der Waals surface area contributed by atoms with Crippen molar-refractivity contribution >= 4 is 17.6 Å². The molecule has 2 aromatic rings. The van der Waals surface area contributed by atoms with Gasteiger partial charge >= 0.3 is 11.8 Å². The standard InChI is InChI=1S/C23H25FN2O3/c1-15(2)25-22(28)23(29)26-12-6-9-18(14-26)21(27)17-10-11-19(20(24)13-17)16-7-4-3-5-8-16/h3-5,7-8,10-11,13,15,18H,6,9,12,14H2,1-2H3,(H,25,28). The van der Waals surface area contributed by atoms with Crippen LogP contribution in [-0.2, 0) is 9.59 Å². The molecule has 0 aromatic heterocycles. The highest BCUT2D eigenvalue weighted by Gasteiger charge is 2.32. The highest BCUT2D eigenvalue weighted by molar-refractivity contribution is 6.35. The Kier molecular flexibility index (Phi) is 6.42. The number of nitrogens with one attached hydrogen (secondary N) is 1. The normalized spacial score (nSPS) is 16.6. The highest BCUT2D eigenvalue weighted by Crippen LogP contribution is 2.26. The number of amides is 2. The summed E-state index contributed by atoms with van der Waals surface area (Å²) in [5.41, 5.74) is 1.47. The van der Waals surface area contributed by atoms with Gasteiger partial charge in [-0.1, -0.05) is 42.5 Å². The second-order valence-electron chi connectivity index (χ2n) is 7.64. The number of Topliss-reactive ketones (excluding diaryl/α,β-unsaturated/α-hetero) is 1. The molecular formula is C23H25FN2O3. The van der Waals surface area contributed by atoms with Crippen LogP contribution in [0.25, 0.3) is 11.1 Å². The van der Waals surface area contributed by atoms with Gasteiger partial charge in [-0.2, -0.15) is 0 Å². The molecule has 2 aromatic carbocycles. The monoisotopic (exact) mass is 396 g/mol. The molecule has 152 valence electrons. The van der Waals surface area contributed by atoms with Gasteiger partial charge in [0.05, 0.1) is 0 Å². The molecule has 0 bridgehead atoms. The molecule has 29 heavy (non-hydrogen) atoms. The van der Waals surface area contributed by atoms with E-state index >= 15 is 0 Å². The minimum absolute atomic E-state index is 0.139. The molecule has 0 spiro atoms. The largest absolute Gasteiger partial charge is 0.346 e. The zero-order valence-electron chi connectivity index (χ0n) is 16.7. The minimum atomic E-state index is -0.661. The van der Waals surface area contributed by atoms with Crippen LogP contribution in [0.3, 0.4) is 0 Å². The number of benzene rings is 2. The Labute approximate surface area is 169 Å². The van der Waals surface area contributed by atoms with Crippen LogP contribution < -0.4 is 5.32 Å². The van der Waals surface area contributed by atoms with Crippen LogP contribution in [0.2, 0.25) is 0 Å². The zero-order chi connectivity index (χ0) is 21.0. The van der Waals surface area contributed by atoms with Crippen molar-refractivity contribution < 1.29 is 18.8 Å².